The fraction of sp³-hybridized carbons (Fsp3) is 0.538. The van der Waals surface area contributed by atoms with Gasteiger partial charge in [0.25, 0.3) is 0 Å². The van der Waals surface area contributed by atoms with Gasteiger partial charge in [-0.05, 0) is 50.6 Å². The first-order valence-corrected chi connectivity index (χ1v) is 8.25. The molecule has 1 saturated heterocycles. The molecule has 0 amide bonds. The van der Waals surface area contributed by atoms with Crippen molar-refractivity contribution in [1.29, 1.82) is 0 Å². The fourth-order valence-corrected chi connectivity index (χ4v) is 3.12. The predicted molar refractivity (Wildman–Crippen MR) is 80.9 cm³/mol. The number of hydrogen-bond donors (Lipinski definition) is 3. The molecule has 0 saturated carbocycles. The summed E-state index contributed by atoms with van der Waals surface area (Å²) < 4.78 is 22.5. The first-order valence-electron chi connectivity index (χ1n) is 6.71. The van der Waals surface area contributed by atoms with Crippen LogP contribution in [0.15, 0.2) is 23.1 Å². The Morgan fingerprint density at radius 3 is 2.80 bits per heavy atom. The van der Waals surface area contributed by atoms with Crippen LogP contribution in [0.5, 0.6) is 0 Å². The zero-order valence-electron chi connectivity index (χ0n) is 11.7. The monoisotopic (exact) mass is 298 g/mol. The van der Waals surface area contributed by atoms with Gasteiger partial charge in [0, 0.05) is 13.1 Å². The molecule has 1 aliphatic rings. The molecular formula is C13H22N4O2S. The van der Waals surface area contributed by atoms with E-state index in [2.05, 4.69) is 17.3 Å². The van der Waals surface area contributed by atoms with Crippen LogP contribution in [0.1, 0.15) is 12.8 Å². The number of nitrogens with one attached hydrogen (secondary N) is 1. The maximum absolute atomic E-state index is 11.2. The molecule has 1 aromatic carbocycles. The summed E-state index contributed by atoms with van der Waals surface area (Å²) in [5, 5.41) is 8.37. The lowest BCUT2D eigenvalue weighted by molar-refractivity contribution is 0.217. The molecular weight excluding hydrogens is 276 g/mol. The highest BCUT2D eigenvalue weighted by atomic mass is 32.2. The van der Waals surface area contributed by atoms with Crippen molar-refractivity contribution < 1.29 is 8.42 Å². The number of nitrogens with zero attached hydrogens (tertiary/aromatic N) is 1. The molecule has 0 bridgehead atoms. The van der Waals surface area contributed by atoms with Crippen molar-refractivity contribution in [2.24, 2.45) is 11.1 Å². The number of benzene rings is 1. The summed E-state index contributed by atoms with van der Waals surface area (Å²) >= 11 is 0. The topological polar surface area (TPSA) is 101 Å². The first kappa shape index (κ1) is 15.1. The molecule has 1 aromatic rings. The molecule has 1 heterocycles. The summed E-state index contributed by atoms with van der Waals surface area (Å²) in [6, 6.07) is 4.54. The molecule has 0 aliphatic carbocycles. The summed E-state index contributed by atoms with van der Waals surface area (Å²) in [6.45, 7) is 3.06. The Bertz CT molecular complexity index is 574. The molecule has 5 N–H and O–H groups in total. The largest absolute Gasteiger partial charge is 0.397 e. The van der Waals surface area contributed by atoms with E-state index in [-0.39, 0.29) is 4.90 Å². The Labute approximate surface area is 120 Å². The van der Waals surface area contributed by atoms with Gasteiger partial charge in [-0.25, -0.2) is 13.6 Å². The highest BCUT2D eigenvalue weighted by Gasteiger charge is 2.17. The van der Waals surface area contributed by atoms with Crippen LogP contribution in [-0.4, -0.2) is 40.0 Å². The zero-order chi connectivity index (χ0) is 14.8. The van der Waals surface area contributed by atoms with Crippen molar-refractivity contribution in [2.45, 2.75) is 17.7 Å². The Balaban J connectivity index is 2.00. The number of sulfonamides is 1. The quantitative estimate of drug-likeness (QED) is 0.709. The Hall–Kier alpha value is -1.31. The van der Waals surface area contributed by atoms with Crippen molar-refractivity contribution in [3.63, 3.8) is 0 Å². The van der Waals surface area contributed by atoms with Gasteiger partial charge in [-0.3, -0.25) is 0 Å². The fourth-order valence-electron chi connectivity index (χ4n) is 2.57. The van der Waals surface area contributed by atoms with E-state index < -0.39 is 10.0 Å². The predicted octanol–water partition coefficient (Wildman–Crippen LogP) is 0.670. The molecule has 2 rings (SSSR count). The smallest absolute Gasteiger partial charge is 0.238 e. The molecule has 6 nitrogen and oxygen atoms in total. The number of hydrogen-bond acceptors (Lipinski definition) is 5. The van der Waals surface area contributed by atoms with Gasteiger partial charge < -0.3 is 16.0 Å². The Morgan fingerprint density at radius 1 is 1.45 bits per heavy atom. The molecule has 7 heteroatoms. The second kappa shape index (κ2) is 5.99. The van der Waals surface area contributed by atoms with E-state index in [0.29, 0.717) is 11.6 Å². The lowest BCUT2D eigenvalue weighted by atomic mass is 9.98. The van der Waals surface area contributed by atoms with Gasteiger partial charge in [-0.2, -0.15) is 0 Å². The van der Waals surface area contributed by atoms with Crippen LogP contribution in [0.3, 0.4) is 0 Å². The van der Waals surface area contributed by atoms with E-state index in [1.54, 1.807) is 6.07 Å². The third-order valence-corrected chi connectivity index (χ3v) is 4.57. The van der Waals surface area contributed by atoms with E-state index in [1.807, 2.05) is 0 Å². The van der Waals surface area contributed by atoms with Gasteiger partial charge in [-0.15, -0.1) is 0 Å². The van der Waals surface area contributed by atoms with Crippen LogP contribution in [0.2, 0.25) is 0 Å². The molecule has 1 atom stereocenters. The molecule has 1 aliphatic heterocycles. The van der Waals surface area contributed by atoms with Crippen LogP contribution in [0.25, 0.3) is 0 Å². The average Bonchev–Trinajstić information content (AvgIpc) is 2.36. The van der Waals surface area contributed by atoms with E-state index in [0.717, 1.165) is 25.3 Å². The maximum Gasteiger partial charge on any atom is 0.238 e. The number of rotatable bonds is 4. The summed E-state index contributed by atoms with van der Waals surface area (Å²) in [4.78, 5) is 2.36. The highest BCUT2D eigenvalue weighted by molar-refractivity contribution is 7.89. The maximum atomic E-state index is 11.2. The zero-order valence-corrected chi connectivity index (χ0v) is 12.5. The normalized spacial score (nSPS) is 20.8. The summed E-state index contributed by atoms with van der Waals surface area (Å²) in [7, 11) is -1.57. The molecule has 0 aromatic heterocycles. The molecule has 112 valence electrons. The Morgan fingerprint density at radius 2 is 2.20 bits per heavy atom. The standard InChI is InChI=1S/C13H22N4O2S/c1-17-6-2-3-10(9-17)8-16-13-5-4-11(7-12(13)14)20(15,18)19/h4-5,7,10,16H,2-3,6,8-9,14H2,1H3,(H2,15,18,19). The van der Waals surface area contributed by atoms with E-state index in [4.69, 9.17) is 10.9 Å². The number of anilines is 2. The van der Waals surface area contributed by atoms with Crippen LogP contribution >= 0.6 is 0 Å². The summed E-state index contributed by atoms with van der Waals surface area (Å²) in [5.41, 5.74) is 7.03. The van der Waals surface area contributed by atoms with Crippen molar-refractivity contribution >= 4 is 21.4 Å². The van der Waals surface area contributed by atoms with Crippen LogP contribution in [0, 0.1) is 5.92 Å². The van der Waals surface area contributed by atoms with Gasteiger partial charge in [-0.1, -0.05) is 0 Å². The van der Waals surface area contributed by atoms with E-state index >= 15 is 0 Å². The van der Waals surface area contributed by atoms with Crippen LogP contribution in [0.4, 0.5) is 11.4 Å². The average molecular weight is 298 g/mol. The summed E-state index contributed by atoms with van der Waals surface area (Å²) in [6.07, 6.45) is 2.41. The second-order valence-corrected chi connectivity index (χ2v) is 7.01. The van der Waals surface area contributed by atoms with Crippen LogP contribution in [-0.2, 0) is 10.0 Å². The number of piperidine rings is 1. The van der Waals surface area contributed by atoms with Gasteiger partial charge in [0.2, 0.25) is 10.0 Å². The Kier molecular flexibility index (Phi) is 4.52. The molecule has 20 heavy (non-hydrogen) atoms. The number of nitrogen functional groups attached to an aromatic ring is 1. The highest BCUT2D eigenvalue weighted by Crippen LogP contribution is 2.23. The lowest BCUT2D eigenvalue weighted by Gasteiger charge is -2.30. The van der Waals surface area contributed by atoms with Crippen molar-refractivity contribution in [1.82, 2.24) is 4.90 Å². The van der Waals surface area contributed by atoms with Gasteiger partial charge in [0.1, 0.15) is 0 Å². The SMILES string of the molecule is CN1CCCC(CNc2ccc(S(N)(=O)=O)cc2N)C1. The molecule has 1 unspecified atom stereocenters. The van der Waals surface area contributed by atoms with Gasteiger partial charge >= 0.3 is 0 Å². The molecule has 0 radical (unpaired) electrons. The van der Waals surface area contributed by atoms with Crippen LogP contribution < -0.4 is 16.2 Å². The molecule has 1 fully saturated rings. The first-order chi connectivity index (χ1) is 9.36. The lowest BCUT2D eigenvalue weighted by Crippen LogP contribution is -2.35. The minimum absolute atomic E-state index is 0.0398. The number of likely N-dealkylation sites (tertiary alicyclic amines) is 1. The minimum Gasteiger partial charge on any atom is -0.397 e. The van der Waals surface area contributed by atoms with E-state index in [9.17, 15) is 8.42 Å². The number of primary sulfonamides is 1. The minimum atomic E-state index is -3.70. The van der Waals surface area contributed by atoms with Crippen molar-refractivity contribution in [3.05, 3.63) is 18.2 Å². The van der Waals surface area contributed by atoms with Crippen molar-refractivity contribution in [2.75, 3.05) is 37.7 Å². The second-order valence-electron chi connectivity index (χ2n) is 5.45. The number of nitrogens with two attached hydrogens (primary N) is 2. The van der Waals surface area contributed by atoms with Crippen molar-refractivity contribution in [3.8, 4) is 0 Å². The third kappa shape index (κ3) is 3.84. The van der Waals surface area contributed by atoms with Gasteiger partial charge in [0.05, 0.1) is 16.3 Å². The third-order valence-electron chi connectivity index (χ3n) is 3.65. The van der Waals surface area contributed by atoms with Gasteiger partial charge in [0.15, 0.2) is 0 Å². The molecule has 0 spiro atoms. The summed E-state index contributed by atoms with van der Waals surface area (Å²) in [5.74, 6) is 0.589. The van der Waals surface area contributed by atoms with E-state index in [1.165, 1.54) is 25.0 Å².